The summed E-state index contributed by atoms with van der Waals surface area (Å²) in [6.07, 6.45) is 3.26. The standard InChI is InChI=1S/C18H20N4O3S/c1-3-4-7-10-24-15-9-6-5-8-13(15)16-11-14(22-25-16)17(23)19-18-21-20-12(2)26-18/h5-6,8-9,11H,3-4,7,10H2,1-2H3,(H,19,21,23). The summed E-state index contributed by atoms with van der Waals surface area (Å²) >= 11 is 1.30. The molecule has 1 amide bonds. The van der Waals surface area contributed by atoms with Gasteiger partial charge in [-0.2, -0.15) is 0 Å². The molecule has 0 fully saturated rings. The first kappa shape index (κ1) is 18.1. The number of para-hydroxylation sites is 1. The van der Waals surface area contributed by atoms with Gasteiger partial charge in [-0.15, -0.1) is 10.2 Å². The molecule has 3 aromatic rings. The molecule has 26 heavy (non-hydrogen) atoms. The second kappa shape index (κ2) is 8.57. The summed E-state index contributed by atoms with van der Waals surface area (Å²) in [4.78, 5) is 12.3. The number of carbonyl (C=O) groups is 1. The number of ether oxygens (including phenoxy) is 1. The molecule has 0 radical (unpaired) electrons. The topological polar surface area (TPSA) is 90.1 Å². The van der Waals surface area contributed by atoms with E-state index in [1.165, 1.54) is 11.3 Å². The highest BCUT2D eigenvalue weighted by Gasteiger charge is 2.17. The third-order valence-electron chi connectivity index (χ3n) is 3.65. The first-order chi connectivity index (χ1) is 12.7. The summed E-state index contributed by atoms with van der Waals surface area (Å²) in [6.45, 7) is 4.61. The van der Waals surface area contributed by atoms with Gasteiger partial charge in [0, 0.05) is 6.07 Å². The minimum Gasteiger partial charge on any atom is -0.493 e. The second-order valence-corrected chi connectivity index (χ2v) is 6.89. The number of hydrogen-bond donors (Lipinski definition) is 1. The molecule has 0 aliphatic heterocycles. The lowest BCUT2D eigenvalue weighted by molar-refractivity contribution is 0.101. The van der Waals surface area contributed by atoms with E-state index in [4.69, 9.17) is 9.26 Å². The Kier molecular flexibility index (Phi) is 5.96. The van der Waals surface area contributed by atoms with Gasteiger partial charge in [0.15, 0.2) is 11.5 Å². The van der Waals surface area contributed by atoms with Crippen LogP contribution in [0.15, 0.2) is 34.9 Å². The van der Waals surface area contributed by atoms with Crippen LogP contribution < -0.4 is 10.1 Å². The van der Waals surface area contributed by atoms with Crippen LogP contribution >= 0.6 is 11.3 Å². The molecule has 3 rings (SSSR count). The van der Waals surface area contributed by atoms with Crippen molar-refractivity contribution in [1.29, 1.82) is 0 Å². The van der Waals surface area contributed by atoms with Gasteiger partial charge in [0.1, 0.15) is 10.8 Å². The quantitative estimate of drug-likeness (QED) is 0.592. The largest absolute Gasteiger partial charge is 0.493 e. The lowest BCUT2D eigenvalue weighted by atomic mass is 10.1. The molecule has 0 spiro atoms. The number of aromatic nitrogens is 3. The predicted molar refractivity (Wildman–Crippen MR) is 99.6 cm³/mol. The highest BCUT2D eigenvalue weighted by molar-refractivity contribution is 7.15. The van der Waals surface area contributed by atoms with Gasteiger partial charge >= 0.3 is 0 Å². The van der Waals surface area contributed by atoms with Crippen molar-refractivity contribution in [2.45, 2.75) is 33.1 Å². The van der Waals surface area contributed by atoms with E-state index in [-0.39, 0.29) is 5.69 Å². The van der Waals surface area contributed by atoms with Gasteiger partial charge in [-0.1, -0.05) is 48.4 Å². The van der Waals surface area contributed by atoms with Crippen LogP contribution in [0, 0.1) is 6.92 Å². The molecule has 136 valence electrons. The maximum atomic E-state index is 12.3. The molecule has 0 bridgehead atoms. The molecule has 0 unspecified atom stereocenters. The molecule has 0 aliphatic carbocycles. The molecule has 0 aliphatic rings. The highest BCUT2D eigenvalue weighted by atomic mass is 32.1. The third-order valence-corrected chi connectivity index (χ3v) is 4.40. The van der Waals surface area contributed by atoms with Gasteiger partial charge in [-0.05, 0) is 25.5 Å². The van der Waals surface area contributed by atoms with Crippen molar-refractivity contribution in [2.24, 2.45) is 0 Å². The second-order valence-electron chi connectivity index (χ2n) is 5.71. The van der Waals surface area contributed by atoms with Crippen LogP contribution in [0.1, 0.15) is 41.7 Å². The van der Waals surface area contributed by atoms with Crippen molar-refractivity contribution in [3.63, 3.8) is 0 Å². The first-order valence-electron chi connectivity index (χ1n) is 8.47. The average molecular weight is 372 g/mol. The maximum absolute atomic E-state index is 12.3. The molecule has 2 heterocycles. The number of hydrogen-bond acceptors (Lipinski definition) is 7. The van der Waals surface area contributed by atoms with Crippen molar-refractivity contribution >= 4 is 22.4 Å². The van der Waals surface area contributed by atoms with Crippen molar-refractivity contribution < 1.29 is 14.1 Å². The van der Waals surface area contributed by atoms with E-state index in [9.17, 15) is 4.79 Å². The van der Waals surface area contributed by atoms with E-state index in [0.29, 0.717) is 23.2 Å². The normalized spacial score (nSPS) is 10.7. The number of rotatable bonds is 8. The van der Waals surface area contributed by atoms with Gasteiger partial charge in [0.25, 0.3) is 5.91 Å². The van der Waals surface area contributed by atoms with Gasteiger partial charge < -0.3 is 9.26 Å². The third kappa shape index (κ3) is 4.45. The molecule has 0 saturated heterocycles. The average Bonchev–Trinajstić information content (AvgIpc) is 3.28. The van der Waals surface area contributed by atoms with Gasteiger partial charge in [-0.25, -0.2) is 0 Å². The lowest BCUT2D eigenvalue weighted by Crippen LogP contribution is -2.11. The molecule has 1 aromatic carbocycles. The fourth-order valence-corrected chi connectivity index (χ4v) is 2.93. The van der Waals surface area contributed by atoms with Crippen molar-refractivity contribution in [2.75, 3.05) is 11.9 Å². The zero-order chi connectivity index (χ0) is 18.4. The Hall–Kier alpha value is -2.74. The number of unbranched alkanes of at least 4 members (excludes halogenated alkanes) is 2. The summed E-state index contributed by atoms with van der Waals surface area (Å²) in [5, 5.41) is 15.5. The maximum Gasteiger partial charge on any atom is 0.279 e. The molecule has 2 aromatic heterocycles. The number of nitrogens with one attached hydrogen (secondary N) is 1. The fourth-order valence-electron chi connectivity index (χ4n) is 2.35. The van der Waals surface area contributed by atoms with Gasteiger partial charge in [0.2, 0.25) is 5.13 Å². The van der Waals surface area contributed by atoms with Crippen LogP contribution in [0.5, 0.6) is 5.75 Å². The first-order valence-corrected chi connectivity index (χ1v) is 9.29. The van der Waals surface area contributed by atoms with E-state index < -0.39 is 5.91 Å². The van der Waals surface area contributed by atoms with Crippen LogP contribution in [0.3, 0.4) is 0 Å². The monoisotopic (exact) mass is 372 g/mol. The summed E-state index contributed by atoms with van der Waals surface area (Å²) in [5.74, 6) is 0.804. The summed E-state index contributed by atoms with van der Waals surface area (Å²) in [7, 11) is 0. The van der Waals surface area contributed by atoms with Gasteiger partial charge in [-0.3, -0.25) is 10.1 Å². The summed E-state index contributed by atoms with van der Waals surface area (Å²) < 4.78 is 11.2. The van der Waals surface area contributed by atoms with Crippen LogP contribution in [0.4, 0.5) is 5.13 Å². The number of anilines is 1. The molecule has 8 heteroatoms. The number of aryl methyl sites for hydroxylation is 1. The molecular weight excluding hydrogens is 352 g/mol. The number of amides is 1. The van der Waals surface area contributed by atoms with Crippen LogP contribution in [0.25, 0.3) is 11.3 Å². The predicted octanol–water partition coefficient (Wildman–Crippen LogP) is 4.32. The van der Waals surface area contributed by atoms with E-state index in [0.717, 1.165) is 29.8 Å². The Balaban J connectivity index is 1.72. The number of benzene rings is 1. The molecular formula is C18H20N4O3S. The van der Waals surface area contributed by atoms with Crippen molar-refractivity contribution in [3.05, 3.63) is 41.0 Å². The summed E-state index contributed by atoms with van der Waals surface area (Å²) in [6, 6.07) is 9.15. The fraction of sp³-hybridized carbons (Fsp3) is 0.333. The minimum absolute atomic E-state index is 0.175. The Bertz CT molecular complexity index is 875. The SMILES string of the molecule is CCCCCOc1ccccc1-c1cc(C(=O)Nc2nnc(C)s2)no1. The van der Waals surface area contributed by atoms with Crippen molar-refractivity contribution in [3.8, 4) is 17.1 Å². The van der Waals surface area contributed by atoms with Crippen LogP contribution in [-0.2, 0) is 0 Å². The molecule has 0 atom stereocenters. The zero-order valence-electron chi connectivity index (χ0n) is 14.7. The van der Waals surface area contributed by atoms with E-state index in [1.807, 2.05) is 31.2 Å². The van der Waals surface area contributed by atoms with E-state index in [2.05, 4.69) is 27.6 Å². The van der Waals surface area contributed by atoms with Crippen LogP contribution in [-0.4, -0.2) is 27.9 Å². The molecule has 0 saturated carbocycles. The summed E-state index contributed by atoms with van der Waals surface area (Å²) in [5.41, 5.74) is 0.941. The smallest absolute Gasteiger partial charge is 0.279 e. The van der Waals surface area contributed by atoms with Gasteiger partial charge in [0.05, 0.1) is 12.2 Å². The Morgan fingerprint density at radius 3 is 2.88 bits per heavy atom. The highest BCUT2D eigenvalue weighted by Crippen LogP contribution is 2.30. The van der Waals surface area contributed by atoms with E-state index in [1.54, 1.807) is 6.07 Å². The molecule has 7 nitrogen and oxygen atoms in total. The number of carbonyl (C=O) groups excluding carboxylic acids is 1. The van der Waals surface area contributed by atoms with E-state index >= 15 is 0 Å². The van der Waals surface area contributed by atoms with Crippen molar-refractivity contribution in [1.82, 2.24) is 15.4 Å². The minimum atomic E-state index is -0.391. The Morgan fingerprint density at radius 1 is 1.27 bits per heavy atom. The lowest BCUT2D eigenvalue weighted by Gasteiger charge is -2.09. The zero-order valence-corrected chi connectivity index (χ0v) is 15.5. The Morgan fingerprint density at radius 2 is 2.12 bits per heavy atom. The Labute approximate surface area is 155 Å². The molecule has 1 N–H and O–H groups in total. The van der Waals surface area contributed by atoms with Crippen LogP contribution in [0.2, 0.25) is 0 Å². The number of nitrogens with zero attached hydrogens (tertiary/aromatic N) is 3.